The van der Waals surface area contributed by atoms with Crippen molar-refractivity contribution in [1.29, 1.82) is 0 Å². The van der Waals surface area contributed by atoms with Crippen LogP contribution in [0.4, 0.5) is 11.8 Å². The molecule has 0 saturated carbocycles. The fraction of sp³-hybridized carbons (Fsp3) is 0.750. The molecule has 22 heavy (non-hydrogen) atoms. The summed E-state index contributed by atoms with van der Waals surface area (Å²) in [5, 5.41) is 3.42. The lowest BCUT2D eigenvalue weighted by molar-refractivity contribution is 0.114. The summed E-state index contributed by atoms with van der Waals surface area (Å²) in [6.45, 7) is 9.80. The van der Waals surface area contributed by atoms with Gasteiger partial charge in [-0.3, -0.25) is 4.90 Å². The van der Waals surface area contributed by atoms with Gasteiger partial charge in [0.25, 0.3) is 0 Å². The number of anilines is 2. The van der Waals surface area contributed by atoms with Gasteiger partial charge in [-0.2, -0.15) is 4.98 Å². The van der Waals surface area contributed by atoms with Gasteiger partial charge < -0.3 is 15.1 Å². The Morgan fingerprint density at radius 1 is 1.27 bits per heavy atom. The molecule has 0 aromatic carbocycles. The topological polar surface area (TPSA) is 47.5 Å². The molecule has 1 aromatic heterocycles. The summed E-state index contributed by atoms with van der Waals surface area (Å²) < 4.78 is 0. The molecule has 0 bridgehead atoms. The fourth-order valence-corrected chi connectivity index (χ4v) is 2.90. The summed E-state index contributed by atoms with van der Waals surface area (Å²) in [7, 11) is 6.22. The summed E-state index contributed by atoms with van der Waals surface area (Å²) in [6.07, 6.45) is 3.03. The van der Waals surface area contributed by atoms with Crippen LogP contribution in [0.5, 0.6) is 0 Å². The Balaban J connectivity index is 1.94. The third-order valence-corrected chi connectivity index (χ3v) is 4.39. The Kier molecular flexibility index (Phi) is 5.97. The predicted molar refractivity (Wildman–Crippen MR) is 92.7 cm³/mol. The molecule has 0 unspecified atom stereocenters. The Hall–Kier alpha value is -1.40. The van der Waals surface area contributed by atoms with Crippen LogP contribution in [-0.4, -0.2) is 79.7 Å². The van der Waals surface area contributed by atoms with Crippen molar-refractivity contribution in [2.75, 3.05) is 64.1 Å². The molecule has 0 amide bonds. The van der Waals surface area contributed by atoms with Crippen LogP contribution in [0.15, 0.2) is 6.20 Å². The van der Waals surface area contributed by atoms with Gasteiger partial charge in [0.2, 0.25) is 5.95 Å². The molecule has 1 fully saturated rings. The summed E-state index contributed by atoms with van der Waals surface area (Å²) in [5.74, 6) is 1.70. The third kappa shape index (κ3) is 4.30. The van der Waals surface area contributed by atoms with Gasteiger partial charge in [-0.05, 0) is 20.4 Å². The zero-order chi connectivity index (χ0) is 16.1. The van der Waals surface area contributed by atoms with Gasteiger partial charge >= 0.3 is 0 Å². The maximum Gasteiger partial charge on any atom is 0.224 e. The second kappa shape index (κ2) is 7.74. The minimum Gasteiger partial charge on any atom is -0.362 e. The maximum atomic E-state index is 4.61. The van der Waals surface area contributed by atoms with Crippen molar-refractivity contribution >= 4 is 11.8 Å². The van der Waals surface area contributed by atoms with Crippen LogP contribution in [0.25, 0.3) is 0 Å². The van der Waals surface area contributed by atoms with Crippen LogP contribution >= 0.6 is 0 Å². The highest BCUT2D eigenvalue weighted by molar-refractivity contribution is 5.47. The quantitative estimate of drug-likeness (QED) is 0.854. The van der Waals surface area contributed by atoms with Crippen LogP contribution in [0.2, 0.25) is 0 Å². The molecule has 0 aliphatic carbocycles. The molecule has 1 N–H and O–H groups in total. The van der Waals surface area contributed by atoms with Crippen LogP contribution in [-0.2, 0) is 0 Å². The van der Waals surface area contributed by atoms with E-state index in [1.165, 1.54) is 0 Å². The largest absolute Gasteiger partial charge is 0.362 e. The average molecular weight is 306 g/mol. The van der Waals surface area contributed by atoms with Crippen molar-refractivity contribution in [2.24, 2.45) is 0 Å². The summed E-state index contributed by atoms with van der Waals surface area (Å²) in [5.41, 5.74) is 1.10. The monoisotopic (exact) mass is 306 g/mol. The van der Waals surface area contributed by atoms with Gasteiger partial charge in [-0.1, -0.05) is 6.92 Å². The van der Waals surface area contributed by atoms with E-state index in [0.29, 0.717) is 6.04 Å². The second-order valence-corrected chi connectivity index (χ2v) is 6.38. The molecule has 1 aromatic rings. The molecule has 1 aliphatic rings. The third-order valence-electron chi connectivity index (χ3n) is 4.39. The molecule has 1 saturated heterocycles. The normalized spacial score (nSPS) is 18.2. The molecular formula is C16H30N6. The molecular weight excluding hydrogens is 276 g/mol. The van der Waals surface area contributed by atoms with Gasteiger partial charge in [0.15, 0.2) is 0 Å². The van der Waals surface area contributed by atoms with Crippen LogP contribution in [0.3, 0.4) is 0 Å². The van der Waals surface area contributed by atoms with E-state index < -0.39 is 0 Å². The number of piperazine rings is 1. The molecule has 1 atom stereocenters. The van der Waals surface area contributed by atoms with Crippen molar-refractivity contribution in [1.82, 2.24) is 19.8 Å². The van der Waals surface area contributed by atoms with Crippen molar-refractivity contribution in [3.8, 4) is 0 Å². The number of hydrogen-bond donors (Lipinski definition) is 1. The number of hydrogen-bond acceptors (Lipinski definition) is 6. The van der Waals surface area contributed by atoms with Crippen molar-refractivity contribution < 1.29 is 0 Å². The van der Waals surface area contributed by atoms with E-state index in [9.17, 15) is 0 Å². The minimum absolute atomic E-state index is 0.543. The van der Waals surface area contributed by atoms with Gasteiger partial charge in [-0.15, -0.1) is 0 Å². The lowest BCUT2D eigenvalue weighted by atomic mass is 10.1. The van der Waals surface area contributed by atoms with Gasteiger partial charge in [0.05, 0.1) is 0 Å². The van der Waals surface area contributed by atoms with E-state index in [1.54, 1.807) is 0 Å². The van der Waals surface area contributed by atoms with Gasteiger partial charge in [0, 0.05) is 64.6 Å². The molecule has 2 rings (SSSR count). The first kappa shape index (κ1) is 17.0. The van der Waals surface area contributed by atoms with E-state index in [2.05, 4.69) is 39.1 Å². The fourth-order valence-electron chi connectivity index (χ4n) is 2.90. The first-order chi connectivity index (χ1) is 10.5. The predicted octanol–water partition coefficient (Wildman–Crippen LogP) is 1.29. The molecule has 6 nitrogen and oxygen atoms in total. The number of likely N-dealkylation sites (N-methyl/N-ethyl adjacent to an activating group) is 1. The molecule has 1 aliphatic heterocycles. The highest BCUT2D eigenvalue weighted by atomic mass is 15.3. The summed E-state index contributed by atoms with van der Waals surface area (Å²) in [6, 6.07) is 0.543. The van der Waals surface area contributed by atoms with Crippen LogP contribution < -0.4 is 10.2 Å². The second-order valence-electron chi connectivity index (χ2n) is 6.38. The number of aromatic nitrogens is 2. The summed E-state index contributed by atoms with van der Waals surface area (Å²) >= 11 is 0. The number of rotatable bonds is 6. The van der Waals surface area contributed by atoms with Gasteiger partial charge in [0.1, 0.15) is 5.82 Å². The zero-order valence-corrected chi connectivity index (χ0v) is 14.6. The maximum absolute atomic E-state index is 4.61. The molecule has 6 heteroatoms. The van der Waals surface area contributed by atoms with Crippen molar-refractivity contribution in [3.63, 3.8) is 0 Å². The van der Waals surface area contributed by atoms with E-state index in [1.807, 2.05) is 32.1 Å². The Labute approximate surface area is 134 Å². The molecule has 124 valence electrons. The van der Waals surface area contributed by atoms with Gasteiger partial charge in [-0.25, -0.2) is 4.98 Å². The van der Waals surface area contributed by atoms with E-state index >= 15 is 0 Å². The van der Waals surface area contributed by atoms with Crippen LogP contribution in [0.1, 0.15) is 18.9 Å². The van der Waals surface area contributed by atoms with Crippen LogP contribution in [0, 0.1) is 6.92 Å². The lowest BCUT2D eigenvalue weighted by Gasteiger charge is -2.37. The Morgan fingerprint density at radius 3 is 2.55 bits per heavy atom. The van der Waals surface area contributed by atoms with E-state index in [4.69, 9.17) is 0 Å². The number of nitrogens with one attached hydrogen (secondary N) is 1. The number of nitrogens with zero attached hydrogens (tertiary/aromatic N) is 5. The Morgan fingerprint density at radius 2 is 1.95 bits per heavy atom. The summed E-state index contributed by atoms with van der Waals surface area (Å²) in [4.78, 5) is 16.0. The molecule has 0 spiro atoms. The highest BCUT2D eigenvalue weighted by Gasteiger charge is 2.21. The number of aryl methyl sites for hydroxylation is 1. The first-order valence-corrected chi connectivity index (χ1v) is 8.18. The van der Waals surface area contributed by atoms with Crippen molar-refractivity contribution in [3.05, 3.63) is 11.8 Å². The first-order valence-electron chi connectivity index (χ1n) is 8.18. The molecule has 2 heterocycles. The van der Waals surface area contributed by atoms with E-state index in [-0.39, 0.29) is 0 Å². The highest BCUT2D eigenvalue weighted by Crippen LogP contribution is 2.16. The van der Waals surface area contributed by atoms with E-state index in [0.717, 1.165) is 56.5 Å². The zero-order valence-electron chi connectivity index (χ0n) is 14.6. The minimum atomic E-state index is 0.543. The average Bonchev–Trinajstić information content (AvgIpc) is 2.50. The lowest BCUT2D eigenvalue weighted by Crippen LogP contribution is -2.50. The Bertz CT molecular complexity index is 468. The smallest absolute Gasteiger partial charge is 0.224 e. The SMILES string of the molecule is CC[C@@H](CNc1ncc(C)c(N(C)C)n1)N1CCN(C)CC1. The molecule has 0 radical (unpaired) electrons. The standard InChI is InChI=1S/C16H30N6/c1-6-14(22-9-7-21(5)8-10-22)12-18-16-17-11-13(2)15(19-16)20(3)4/h11,14H,6-10,12H2,1-5H3,(H,17,18,19)/t14-/m0/s1. The van der Waals surface area contributed by atoms with Crippen molar-refractivity contribution in [2.45, 2.75) is 26.3 Å².